The van der Waals surface area contributed by atoms with E-state index in [4.69, 9.17) is 4.74 Å². The normalized spacial score (nSPS) is 22.7. The van der Waals surface area contributed by atoms with Crippen LogP contribution >= 0.6 is 0 Å². The van der Waals surface area contributed by atoms with Crippen LogP contribution in [0.25, 0.3) is 0 Å². The monoisotopic (exact) mass is 386 g/mol. The first-order valence-electron chi connectivity index (χ1n) is 9.75. The van der Waals surface area contributed by atoms with Crippen molar-refractivity contribution in [1.82, 2.24) is 4.90 Å². The van der Waals surface area contributed by atoms with Crippen molar-refractivity contribution in [2.45, 2.75) is 30.8 Å². The lowest BCUT2D eigenvalue weighted by Gasteiger charge is -2.51. The molecule has 0 radical (unpaired) electrons. The summed E-state index contributed by atoms with van der Waals surface area (Å²) >= 11 is 0. The molecule has 1 amide bonds. The summed E-state index contributed by atoms with van der Waals surface area (Å²) in [7, 11) is 1.62. The van der Waals surface area contributed by atoms with Crippen molar-refractivity contribution < 1.29 is 14.6 Å². The van der Waals surface area contributed by atoms with E-state index in [1.807, 2.05) is 48.5 Å². The third-order valence-electron chi connectivity index (χ3n) is 5.63. The van der Waals surface area contributed by atoms with E-state index in [1.165, 1.54) is 0 Å². The van der Waals surface area contributed by atoms with Crippen molar-refractivity contribution in [3.63, 3.8) is 0 Å². The Labute approximate surface area is 170 Å². The van der Waals surface area contributed by atoms with Gasteiger partial charge in [-0.25, -0.2) is 0 Å². The van der Waals surface area contributed by atoms with Gasteiger partial charge in [-0.1, -0.05) is 30.0 Å². The van der Waals surface area contributed by atoms with E-state index in [0.717, 1.165) is 35.3 Å². The van der Waals surface area contributed by atoms with Crippen molar-refractivity contribution in [2.24, 2.45) is 5.92 Å². The largest absolute Gasteiger partial charge is 0.497 e. The van der Waals surface area contributed by atoms with Crippen LogP contribution in [0.15, 0.2) is 48.5 Å². The first-order chi connectivity index (χ1) is 14.2. The molecule has 5 heteroatoms. The molecular formula is C24H22N2O3. The third-order valence-corrected chi connectivity index (χ3v) is 5.63. The van der Waals surface area contributed by atoms with Crippen molar-refractivity contribution >= 4 is 5.91 Å². The summed E-state index contributed by atoms with van der Waals surface area (Å²) in [6.07, 6.45) is 1.77. The zero-order valence-electron chi connectivity index (χ0n) is 16.2. The fourth-order valence-electron chi connectivity index (χ4n) is 3.89. The average Bonchev–Trinajstić information content (AvgIpc) is 3.58. The van der Waals surface area contributed by atoms with Crippen LogP contribution in [0, 0.1) is 29.1 Å². The maximum atomic E-state index is 12.5. The van der Waals surface area contributed by atoms with Gasteiger partial charge < -0.3 is 14.7 Å². The lowest BCUT2D eigenvalue weighted by molar-refractivity contribution is -0.148. The number of benzene rings is 2. The second-order valence-electron chi connectivity index (χ2n) is 7.47. The van der Waals surface area contributed by atoms with E-state index in [2.05, 4.69) is 17.9 Å². The maximum absolute atomic E-state index is 12.5. The quantitative estimate of drug-likeness (QED) is 0.820. The van der Waals surface area contributed by atoms with Gasteiger partial charge in [0, 0.05) is 23.0 Å². The number of methoxy groups -OCH3 is 1. The van der Waals surface area contributed by atoms with Crippen LogP contribution in [-0.2, 0) is 4.79 Å². The molecule has 0 bridgehead atoms. The predicted molar refractivity (Wildman–Crippen MR) is 108 cm³/mol. The van der Waals surface area contributed by atoms with E-state index in [0.29, 0.717) is 0 Å². The van der Waals surface area contributed by atoms with Crippen LogP contribution in [-0.4, -0.2) is 41.7 Å². The van der Waals surface area contributed by atoms with Crippen molar-refractivity contribution in [1.29, 1.82) is 5.26 Å². The second-order valence-corrected chi connectivity index (χ2v) is 7.47. The van der Waals surface area contributed by atoms with Gasteiger partial charge in [0.1, 0.15) is 11.8 Å². The molecule has 1 saturated heterocycles. The van der Waals surface area contributed by atoms with Crippen LogP contribution in [0.2, 0.25) is 0 Å². The van der Waals surface area contributed by atoms with E-state index in [1.54, 1.807) is 12.0 Å². The number of aliphatic hydroxyl groups excluding tert-OH is 1. The number of carbonyl (C=O) groups excluding carboxylic acids is 1. The second kappa shape index (κ2) is 7.99. The molecule has 1 aliphatic carbocycles. The Bertz CT molecular complexity index is 1010. The minimum Gasteiger partial charge on any atom is -0.497 e. The highest BCUT2D eigenvalue weighted by Crippen LogP contribution is 2.44. The number of likely N-dealkylation sites (tertiary alicyclic amines) is 1. The highest BCUT2D eigenvalue weighted by Gasteiger charge is 2.53. The van der Waals surface area contributed by atoms with E-state index in [-0.39, 0.29) is 30.4 Å². The summed E-state index contributed by atoms with van der Waals surface area (Å²) in [5.74, 6) is 6.88. The van der Waals surface area contributed by atoms with Crippen molar-refractivity contribution in [2.75, 3.05) is 13.7 Å². The van der Waals surface area contributed by atoms with Crippen LogP contribution in [0.4, 0.5) is 0 Å². The first-order valence-corrected chi connectivity index (χ1v) is 9.75. The Hall–Kier alpha value is -3.28. The van der Waals surface area contributed by atoms with E-state index >= 15 is 0 Å². The summed E-state index contributed by atoms with van der Waals surface area (Å²) in [6, 6.07) is 16.7. The van der Waals surface area contributed by atoms with E-state index in [9.17, 15) is 15.2 Å². The number of nitriles is 1. The highest BCUT2D eigenvalue weighted by atomic mass is 16.5. The molecule has 5 nitrogen and oxygen atoms in total. The zero-order valence-corrected chi connectivity index (χ0v) is 16.2. The lowest BCUT2D eigenvalue weighted by Crippen LogP contribution is -2.65. The number of ether oxygens (including phenoxy) is 1. The summed E-state index contributed by atoms with van der Waals surface area (Å²) in [6.45, 7) is -0.140. The Morgan fingerprint density at radius 3 is 2.52 bits per heavy atom. The summed E-state index contributed by atoms with van der Waals surface area (Å²) in [5, 5.41) is 19.4. The van der Waals surface area contributed by atoms with Crippen LogP contribution in [0.3, 0.4) is 0 Å². The number of amides is 1. The van der Waals surface area contributed by atoms with Gasteiger partial charge in [0.2, 0.25) is 5.91 Å². The SMILES string of the molecule is COc1cccc(C#Cc2ccc([C@H]3[C@H](C#N)N(C(=O)C4CC4)[C@H]3CO)cc2)c1. The molecule has 1 aliphatic heterocycles. The highest BCUT2D eigenvalue weighted by molar-refractivity contribution is 5.83. The fourth-order valence-corrected chi connectivity index (χ4v) is 3.89. The predicted octanol–water partition coefficient (Wildman–Crippen LogP) is 2.68. The van der Waals surface area contributed by atoms with Gasteiger partial charge in [0.15, 0.2) is 0 Å². The number of nitrogens with zero attached hydrogens (tertiary/aromatic N) is 2. The van der Waals surface area contributed by atoms with Crippen LogP contribution in [0.5, 0.6) is 5.75 Å². The van der Waals surface area contributed by atoms with E-state index < -0.39 is 6.04 Å². The molecule has 0 aromatic heterocycles. The molecule has 2 aliphatic rings. The average molecular weight is 386 g/mol. The molecule has 29 heavy (non-hydrogen) atoms. The fraction of sp³-hybridized carbons (Fsp3) is 0.333. The molecule has 2 aromatic rings. The van der Waals surface area contributed by atoms with Gasteiger partial charge in [-0.3, -0.25) is 4.79 Å². The minimum atomic E-state index is -0.519. The number of hydrogen-bond acceptors (Lipinski definition) is 4. The molecule has 1 saturated carbocycles. The van der Waals surface area contributed by atoms with Crippen molar-refractivity contribution in [3.05, 3.63) is 65.2 Å². The summed E-state index contributed by atoms with van der Waals surface area (Å²) < 4.78 is 5.21. The Morgan fingerprint density at radius 1 is 1.17 bits per heavy atom. The van der Waals surface area contributed by atoms with Gasteiger partial charge in [0.25, 0.3) is 0 Å². The molecule has 2 fully saturated rings. The molecule has 1 heterocycles. The number of aliphatic hydroxyl groups is 1. The topological polar surface area (TPSA) is 73.6 Å². The van der Waals surface area contributed by atoms with Gasteiger partial charge >= 0.3 is 0 Å². The molecule has 2 aromatic carbocycles. The minimum absolute atomic E-state index is 0.00706. The zero-order chi connectivity index (χ0) is 20.4. The standard InChI is InChI=1S/C24H22N2O3/c1-29-20-4-2-3-17(13-20)6-5-16-7-9-18(10-8-16)23-21(14-25)26(22(23)15-27)24(28)19-11-12-19/h2-4,7-10,13,19,21-23,27H,11-12,15H2,1H3/t21-,22-,23-/m0/s1. The Morgan fingerprint density at radius 2 is 1.90 bits per heavy atom. The number of hydrogen-bond donors (Lipinski definition) is 1. The number of carbonyl (C=O) groups is 1. The third kappa shape index (κ3) is 3.70. The summed E-state index contributed by atoms with van der Waals surface area (Å²) in [5.41, 5.74) is 2.67. The molecule has 146 valence electrons. The van der Waals surface area contributed by atoms with Gasteiger partial charge in [-0.05, 0) is 48.7 Å². The Balaban J connectivity index is 1.51. The van der Waals surface area contributed by atoms with Gasteiger partial charge in [0.05, 0.1) is 25.8 Å². The molecular weight excluding hydrogens is 364 g/mol. The van der Waals surface area contributed by atoms with Crippen LogP contribution in [0.1, 0.15) is 35.4 Å². The molecule has 3 atom stereocenters. The Kier molecular flexibility index (Phi) is 5.25. The van der Waals surface area contributed by atoms with Crippen molar-refractivity contribution in [3.8, 4) is 23.7 Å². The lowest BCUT2D eigenvalue weighted by atomic mass is 9.75. The first kappa shape index (κ1) is 19.1. The van der Waals surface area contributed by atoms with Crippen LogP contribution < -0.4 is 4.74 Å². The van der Waals surface area contributed by atoms with Gasteiger partial charge in [-0.15, -0.1) is 0 Å². The van der Waals surface area contributed by atoms with Gasteiger partial charge in [-0.2, -0.15) is 5.26 Å². The number of rotatable bonds is 4. The smallest absolute Gasteiger partial charge is 0.227 e. The molecule has 0 spiro atoms. The molecule has 4 rings (SSSR count). The summed E-state index contributed by atoms with van der Waals surface area (Å²) in [4.78, 5) is 14.0. The maximum Gasteiger partial charge on any atom is 0.227 e. The molecule has 0 unspecified atom stereocenters. The molecule has 1 N–H and O–H groups in total.